The summed E-state index contributed by atoms with van der Waals surface area (Å²) in [5.74, 6) is 0.221. The van der Waals surface area contributed by atoms with Crippen molar-refractivity contribution in [2.75, 3.05) is 23.3 Å². The number of ether oxygens (including phenoxy) is 1. The number of halogens is 1. The van der Waals surface area contributed by atoms with Crippen LogP contribution < -0.4 is 19.7 Å². The Hall–Kier alpha value is -3.18. The molecule has 1 heterocycles. The van der Waals surface area contributed by atoms with Crippen LogP contribution in [0.3, 0.4) is 0 Å². The average molecular weight is 560 g/mol. The first kappa shape index (κ1) is 25.9. The number of fused-ring (bicyclic) bond motifs is 1. The zero-order valence-electron chi connectivity index (χ0n) is 19.3. The van der Waals surface area contributed by atoms with Gasteiger partial charge in [0.15, 0.2) is 5.11 Å². The normalized spacial score (nSPS) is 11.2. The minimum Gasteiger partial charge on any atom is -0.497 e. The molecule has 0 saturated heterocycles. The molecule has 0 aliphatic carbocycles. The summed E-state index contributed by atoms with van der Waals surface area (Å²) in [5, 5.41) is 6.66. The molecule has 0 saturated carbocycles. The third-order valence-electron chi connectivity index (χ3n) is 5.30. The molecule has 0 unspecified atom stereocenters. The predicted molar refractivity (Wildman–Crippen MR) is 150 cm³/mol. The number of anilines is 2. The number of thiophene rings is 1. The largest absolute Gasteiger partial charge is 0.497 e. The molecule has 7 nitrogen and oxygen atoms in total. The fourth-order valence-corrected chi connectivity index (χ4v) is 6.69. The van der Waals surface area contributed by atoms with Crippen molar-refractivity contribution < 1.29 is 17.9 Å². The van der Waals surface area contributed by atoms with Crippen LogP contribution in [0.2, 0.25) is 5.02 Å². The number of hydrogen-bond acceptors (Lipinski definition) is 6. The van der Waals surface area contributed by atoms with Crippen LogP contribution in [0.1, 0.15) is 16.6 Å². The number of rotatable bonds is 7. The molecule has 36 heavy (non-hydrogen) atoms. The fraction of sp³-hybridized carbons (Fsp3) is 0.120. The second kappa shape index (κ2) is 10.8. The molecule has 1 aromatic heterocycles. The van der Waals surface area contributed by atoms with Crippen molar-refractivity contribution in [3.05, 3.63) is 82.7 Å². The Balaban J connectivity index is 1.45. The van der Waals surface area contributed by atoms with Crippen LogP contribution in [0.15, 0.2) is 77.7 Å². The second-order valence-electron chi connectivity index (χ2n) is 7.55. The quantitative estimate of drug-likeness (QED) is 0.274. The number of carbonyl (C=O) groups is 1. The molecule has 186 valence electrons. The van der Waals surface area contributed by atoms with Gasteiger partial charge in [0.05, 0.1) is 22.7 Å². The molecule has 0 aliphatic rings. The number of nitrogens with one attached hydrogen (secondary N) is 2. The van der Waals surface area contributed by atoms with E-state index in [4.69, 9.17) is 28.6 Å². The van der Waals surface area contributed by atoms with Crippen LogP contribution in [0, 0.1) is 0 Å². The number of thiocarbonyl (C=S) groups is 1. The lowest BCUT2D eigenvalue weighted by Gasteiger charge is -2.23. The van der Waals surface area contributed by atoms with Crippen LogP contribution >= 0.6 is 35.2 Å². The Morgan fingerprint density at radius 2 is 1.78 bits per heavy atom. The molecule has 0 spiro atoms. The summed E-state index contributed by atoms with van der Waals surface area (Å²) in [6, 6.07) is 20.4. The van der Waals surface area contributed by atoms with E-state index >= 15 is 0 Å². The summed E-state index contributed by atoms with van der Waals surface area (Å²) in [4.78, 5) is 13.3. The zero-order chi connectivity index (χ0) is 25.9. The highest BCUT2D eigenvalue weighted by molar-refractivity contribution is 7.92. The van der Waals surface area contributed by atoms with Gasteiger partial charge in [-0.1, -0.05) is 29.8 Å². The SMILES string of the molecule is CCN(c1ccccc1)S(=O)(=O)c1ccc(NC(=S)NC(=O)c2sc3cc(OC)ccc3c2Cl)cc1. The van der Waals surface area contributed by atoms with Gasteiger partial charge in [0, 0.05) is 22.3 Å². The minimum absolute atomic E-state index is 0.0566. The molecule has 0 aliphatic heterocycles. The minimum atomic E-state index is -3.75. The molecule has 0 fully saturated rings. The average Bonchev–Trinajstić information content (AvgIpc) is 3.21. The Morgan fingerprint density at radius 1 is 1.08 bits per heavy atom. The maximum absolute atomic E-state index is 13.1. The van der Waals surface area contributed by atoms with E-state index < -0.39 is 15.9 Å². The summed E-state index contributed by atoms with van der Waals surface area (Å²) >= 11 is 12.9. The van der Waals surface area contributed by atoms with Gasteiger partial charge in [0.1, 0.15) is 10.6 Å². The van der Waals surface area contributed by atoms with Crippen LogP contribution in [-0.4, -0.2) is 33.1 Å². The molecular formula is C25H22ClN3O4S3. The predicted octanol–water partition coefficient (Wildman–Crippen LogP) is 5.91. The molecule has 3 aromatic carbocycles. The molecule has 0 radical (unpaired) electrons. The van der Waals surface area contributed by atoms with Gasteiger partial charge in [0.2, 0.25) is 0 Å². The zero-order valence-corrected chi connectivity index (χ0v) is 22.5. The van der Waals surface area contributed by atoms with Gasteiger partial charge in [-0.05, 0) is 73.7 Å². The lowest BCUT2D eigenvalue weighted by molar-refractivity contribution is 0.0982. The standard InChI is InChI=1S/C25H22ClN3O4S3/c1-3-29(17-7-5-4-6-8-17)36(31,32)19-12-9-16(10-13-19)27-25(34)28-24(30)23-22(26)20-14-11-18(33-2)15-21(20)35-23/h4-15H,3H2,1-2H3,(H2,27,28,30,34). The van der Waals surface area contributed by atoms with Crippen molar-refractivity contribution in [1.29, 1.82) is 0 Å². The number of benzene rings is 3. The molecule has 11 heteroatoms. The third kappa shape index (κ3) is 5.31. The van der Waals surface area contributed by atoms with Gasteiger partial charge < -0.3 is 10.1 Å². The van der Waals surface area contributed by atoms with E-state index in [1.54, 1.807) is 62.6 Å². The van der Waals surface area contributed by atoms with Crippen LogP contribution in [0.5, 0.6) is 5.75 Å². The van der Waals surface area contributed by atoms with Gasteiger partial charge in [-0.2, -0.15) is 0 Å². The molecule has 0 atom stereocenters. The monoisotopic (exact) mass is 559 g/mol. The summed E-state index contributed by atoms with van der Waals surface area (Å²) in [6.45, 7) is 2.07. The van der Waals surface area contributed by atoms with E-state index in [1.165, 1.54) is 27.8 Å². The van der Waals surface area contributed by atoms with Crippen molar-refractivity contribution in [2.45, 2.75) is 11.8 Å². The van der Waals surface area contributed by atoms with E-state index in [9.17, 15) is 13.2 Å². The van der Waals surface area contributed by atoms with E-state index in [1.807, 2.05) is 12.1 Å². The number of methoxy groups -OCH3 is 1. The fourth-order valence-electron chi connectivity index (χ4n) is 3.56. The van der Waals surface area contributed by atoms with E-state index in [2.05, 4.69) is 10.6 Å². The van der Waals surface area contributed by atoms with Crippen molar-refractivity contribution in [1.82, 2.24) is 5.32 Å². The van der Waals surface area contributed by atoms with Crippen LogP contribution in [0.25, 0.3) is 10.1 Å². The van der Waals surface area contributed by atoms with Gasteiger partial charge >= 0.3 is 0 Å². The summed E-state index contributed by atoms with van der Waals surface area (Å²) < 4.78 is 33.7. The highest BCUT2D eigenvalue weighted by Gasteiger charge is 2.23. The van der Waals surface area contributed by atoms with Crippen molar-refractivity contribution >= 4 is 77.7 Å². The van der Waals surface area contributed by atoms with E-state index in [-0.39, 0.29) is 16.6 Å². The first-order valence-electron chi connectivity index (χ1n) is 10.8. The highest BCUT2D eigenvalue weighted by Crippen LogP contribution is 2.37. The number of nitrogens with zero attached hydrogens (tertiary/aromatic N) is 1. The lowest BCUT2D eigenvalue weighted by atomic mass is 10.2. The first-order chi connectivity index (χ1) is 17.2. The van der Waals surface area contributed by atoms with Crippen molar-refractivity contribution in [3.8, 4) is 5.75 Å². The van der Waals surface area contributed by atoms with Crippen LogP contribution in [-0.2, 0) is 10.0 Å². The molecule has 2 N–H and O–H groups in total. The Morgan fingerprint density at radius 3 is 2.42 bits per heavy atom. The first-order valence-corrected chi connectivity index (χ1v) is 13.8. The summed E-state index contributed by atoms with van der Waals surface area (Å²) in [6.07, 6.45) is 0. The Bertz CT molecular complexity index is 1520. The van der Waals surface area contributed by atoms with Crippen molar-refractivity contribution in [2.24, 2.45) is 0 Å². The molecule has 4 aromatic rings. The molecular weight excluding hydrogens is 538 g/mol. The maximum Gasteiger partial charge on any atom is 0.269 e. The van der Waals surface area contributed by atoms with Crippen LogP contribution in [0.4, 0.5) is 11.4 Å². The number of hydrogen-bond donors (Lipinski definition) is 2. The van der Waals surface area contributed by atoms with E-state index in [0.717, 1.165) is 10.1 Å². The lowest BCUT2D eigenvalue weighted by Crippen LogP contribution is -2.33. The number of sulfonamides is 1. The third-order valence-corrected chi connectivity index (χ3v) is 9.08. The van der Waals surface area contributed by atoms with Gasteiger partial charge in [0.25, 0.3) is 15.9 Å². The summed E-state index contributed by atoms with van der Waals surface area (Å²) in [5.41, 5.74) is 1.11. The second-order valence-corrected chi connectivity index (χ2v) is 11.2. The topological polar surface area (TPSA) is 87.7 Å². The van der Waals surface area contributed by atoms with Gasteiger partial charge in [-0.3, -0.25) is 14.4 Å². The maximum atomic E-state index is 13.1. The Labute approximate surface area is 223 Å². The summed E-state index contributed by atoms with van der Waals surface area (Å²) in [7, 11) is -2.18. The number of carbonyl (C=O) groups excluding carboxylic acids is 1. The molecule has 4 rings (SSSR count). The molecule has 0 bridgehead atoms. The van der Waals surface area contributed by atoms with Gasteiger partial charge in [-0.25, -0.2) is 8.42 Å². The number of para-hydroxylation sites is 1. The highest BCUT2D eigenvalue weighted by atomic mass is 35.5. The van der Waals surface area contributed by atoms with Gasteiger partial charge in [-0.15, -0.1) is 11.3 Å². The smallest absolute Gasteiger partial charge is 0.269 e. The van der Waals surface area contributed by atoms with Crippen molar-refractivity contribution in [3.63, 3.8) is 0 Å². The molecule has 1 amide bonds. The van der Waals surface area contributed by atoms with E-state index in [0.29, 0.717) is 27.0 Å². The number of amides is 1. The Kier molecular flexibility index (Phi) is 7.79.